The minimum Gasteiger partial charge on any atom is -0.0938 e. The van der Waals surface area contributed by atoms with Crippen LogP contribution in [0.2, 0.25) is 0 Å². The molecule has 0 saturated heterocycles. The largest absolute Gasteiger partial charge is 0.196 e. The van der Waals surface area contributed by atoms with E-state index in [0.29, 0.717) is 0 Å². The van der Waals surface area contributed by atoms with Crippen molar-refractivity contribution in [1.29, 1.82) is 0 Å². The zero-order chi connectivity index (χ0) is 6.69. The zero-order valence-corrected chi connectivity index (χ0v) is 5.83. The van der Waals surface area contributed by atoms with Crippen LogP contribution in [-0.2, 0) is 13.5 Å². The first-order valence-electron chi connectivity index (χ1n) is 3.15. The minimum atomic E-state index is 1.01. The summed E-state index contributed by atoms with van der Waals surface area (Å²) in [5.74, 6) is 0. The van der Waals surface area contributed by atoms with Crippen molar-refractivity contribution in [2.75, 3.05) is 0 Å². The maximum Gasteiger partial charge on any atom is 0.196 e. The second-order valence-electron chi connectivity index (χ2n) is 2.03. The van der Waals surface area contributed by atoms with E-state index < -0.39 is 0 Å². The summed E-state index contributed by atoms with van der Waals surface area (Å²) in [5, 5.41) is 4.21. The average molecular weight is 123 g/mol. The summed E-state index contributed by atoms with van der Waals surface area (Å²) in [5.41, 5.74) is 1.14. The van der Waals surface area contributed by atoms with Crippen LogP contribution in [0.1, 0.15) is 12.6 Å². The molecule has 0 bridgehead atoms. The van der Waals surface area contributed by atoms with Gasteiger partial charge in [0.2, 0.25) is 0 Å². The number of hydrogen-bond acceptors (Lipinski definition) is 1. The van der Waals surface area contributed by atoms with Crippen LogP contribution in [0.5, 0.6) is 0 Å². The average Bonchev–Trinajstić information content (AvgIpc) is 1.88. The molecule has 0 amide bonds. The molecule has 0 N–H and O–H groups in total. The summed E-state index contributed by atoms with van der Waals surface area (Å²) < 4.78 is 1.82. The van der Waals surface area contributed by atoms with Gasteiger partial charge in [-0.25, -0.2) is 0 Å². The molecule has 1 aromatic rings. The van der Waals surface area contributed by atoms with Gasteiger partial charge in [0.25, 0.3) is 0 Å². The van der Waals surface area contributed by atoms with Crippen molar-refractivity contribution < 1.29 is 4.68 Å². The highest BCUT2D eigenvalue weighted by molar-refractivity contribution is 4.95. The van der Waals surface area contributed by atoms with Gasteiger partial charge < -0.3 is 0 Å². The Morgan fingerprint density at radius 1 is 1.67 bits per heavy atom. The van der Waals surface area contributed by atoms with E-state index in [2.05, 4.69) is 12.0 Å². The minimum absolute atomic E-state index is 1.01. The molecule has 0 fully saturated rings. The Bertz CT molecular complexity index is 196. The third-order valence-corrected chi connectivity index (χ3v) is 1.24. The smallest absolute Gasteiger partial charge is 0.0938 e. The van der Waals surface area contributed by atoms with Crippen molar-refractivity contribution >= 4 is 0 Å². The first-order valence-corrected chi connectivity index (χ1v) is 3.15. The first-order chi connectivity index (χ1) is 4.33. The van der Waals surface area contributed by atoms with Crippen molar-refractivity contribution in [3.05, 3.63) is 24.0 Å². The van der Waals surface area contributed by atoms with Crippen molar-refractivity contribution in [2.24, 2.45) is 7.05 Å². The quantitative estimate of drug-likeness (QED) is 0.496. The molecular formula is C7H11N2+. The lowest BCUT2D eigenvalue weighted by Crippen LogP contribution is -2.32. The summed E-state index contributed by atoms with van der Waals surface area (Å²) in [6.45, 7) is 2.10. The van der Waals surface area contributed by atoms with Crippen molar-refractivity contribution in [3.63, 3.8) is 0 Å². The zero-order valence-electron chi connectivity index (χ0n) is 5.83. The Labute approximate surface area is 55.1 Å². The van der Waals surface area contributed by atoms with E-state index in [4.69, 9.17) is 0 Å². The van der Waals surface area contributed by atoms with Gasteiger partial charge >= 0.3 is 0 Å². The lowest BCUT2D eigenvalue weighted by Gasteiger charge is -1.87. The van der Waals surface area contributed by atoms with E-state index in [0.717, 1.165) is 12.1 Å². The highest BCUT2D eigenvalue weighted by atomic mass is 15.2. The van der Waals surface area contributed by atoms with Crippen LogP contribution in [-0.4, -0.2) is 5.10 Å². The van der Waals surface area contributed by atoms with Crippen molar-refractivity contribution in [3.8, 4) is 0 Å². The SMILES string of the molecule is CCc1ccc[n+](C)n1. The summed E-state index contributed by atoms with van der Waals surface area (Å²) >= 11 is 0. The molecule has 1 rings (SSSR count). The third-order valence-electron chi connectivity index (χ3n) is 1.24. The van der Waals surface area contributed by atoms with Crippen LogP contribution >= 0.6 is 0 Å². The predicted molar refractivity (Wildman–Crippen MR) is 34.8 cm³/mol. The maximum atomic E-state index is 4.21. The van der Waals surface area contributed by atoms with E-state index >= 15 is 0 Å². The molecule has 0 aliphatic heterocycles. The standard InChI is InChI=1S/C7H11N2/c1-3-7-5-4-6-9(2)8-7/h4-6H,3H2,1-2H3/q+1. The monoisotopic (exact) mass is 123 g/mol. The molecule has 0 atom stereocenters. The molecule has 2 nitrogen and oxygen atoms in total. The Hall–Kier alpha value is -0.920. The molecule has 9 heavy (non-hydrogen) atoms. The fraction of sp³-hybridized carbons (Fsp3) is 0.429. The van der Waals surface area contributed by atoms with E-state index in [-0.39, 0.29) is 0 Å². The normalized spacial score (nSPS) is 9.56. The van der Waals surface area contributed by atoms with Crippen molar-refractivity contribution in [1.82, 2.24) is 5.10 Å². The molecule has 1 heterocycles. The topological polar surface area (TPSA) is 16.8 Å². The highest BCUT2D eigenvalue weighted by Gasteiger charge is 1.93. The van der Waals surface area contributed by atoms with Gasteiger partial charge in [0.15, 0.2) is 13.2 Å². The maximum absolute atomic E-state index is 4.21. The summed E-state index contributed by atoms with van der Waals surface area (Å²) in [6, 6.07) is 4.03. The molecule has 1 aromatic heterocycles. The molecule has 0 aromatic carbocycles. The Morgan fingerprint density at radius 3 is 2.89 bits per heavy atom. The molecule has 0 aliphatic carbocycles. The van der Waals surface area contributed by atoms with E-state index in [1.165, 1.54) is 0 Å². The molecular weight excluding hydrogens is 112 g/mol. The van der Waals surface area contributed by atoms with Gasteiger partial charge in [-0.1, -0.05) is 11.6 Å². The van der Waals surface area contributed by atoms with E-state index in [1.54, 1.807) is 0 Å². The van der Waals surface area contributed by atoms with Crippen LogP contribution < -0.4 is 4.68 Å². The van der Waals surface area contributed by atoms with Gasteiger partial charge in [-0.15, -0.1) is 0 Å². The summed E-state index contributed by atoms with van der Waals surface area (Å²) in [4.78, 5) is 0. The lowest BCUT2D eigenvalue weighted by atomic mass is 10.3. The first kappa shape index (κ1) is 6.20. The number of aromatic nitrogens is 2. The number of hydrogen-bond donors (Lipinski definition) is 0. The van der Waals surface area contributed by atoms with Crippen LogP contribution in [0.25, 0.3) is 0 Å². The van der Waals surface area contributed by atoms with E-state index in [1.807, 2.05) is 30.1 Å². The van der Waals surface area contributed by atoms with Gasteiger partial charge in [0, 0.05) is 6.07 Å². The Kier molecular flexibility index (Phi) is 1.78. The molecule has 0 aliphatic rings. The van der Waals surface area contributed by atoms with Crippen LogP contribution in [0, 0.1) is 0 Å². The number of rotatable bonds is 1. The molecule has 0 spiro atoms. The van der Waals surface area contributed by atoms with Gasteiger partial charge in [0.05, 0.1) is 0 Å². The van der Waals surface area contributed by atoms with Crippen LogP contribution in [0.3, 0.4) is 0 Å². The summed E-state index contributed by atoms with van der Waals surface area (Å²) in [7, 11) is 1.93. The Balaban J connectivity index is 2.94. The predicted octanol–water partition coefficient (Wildman–Crippen LogP) is 0.468. The van der Waals surface area contributed by atoms with E-state index in [9.17, 15) is 0 Å². The fourth-order valence-corrected chi connectivity index (χ4v) is 0.736. The van der Waals surface area contributed by atoms with Crippen LogP contribution in [0.4, 0.5) is 0 Å². The molecule has 0 unspecified atom stereocenters. The highest BCUT2D eigenvalue weighted by Crippen LogP contribution is 1.87. The number of nitrogens with zero attached hydrogens (tertiary/aromatic N) is 2. The number of aryl methyl sites for hydroxylation is 2. The van der Waals surface area contributed by atoms with Crippen molar-refractivity contribution in [2.45, 2.75) is 13.3 Å². The van der Waals surface area contributed by atoms with Gasteiger partial charge in [-0.05, 0) is 17.6 Å². The van der Waals surface area contributed by atoms with Crippen LogP contribution in [0.15, 0.2) is 18.3 Å². The van der Waals surface area contributed by atoms with Gasteiger partial charge in [-0.2, -0.15) is 0 Å². The molecule has 48 valence electrons. The van der Waals surface area contributed by atoms with Gasteiger partial charge in [0.1, 0.15) is 5.69 Å². The molecule has 0 radical (unpaired) electrons. The second kappa shape index (κ2) is 2.58. The Morgan fingerprint density at radius 2 is 2.44 bits per heavy atom. The second-order valence-corrected chi connectivity index (χ2v) is 2.03. The fourth-order valence-electron chi connectivity index (χ4n) is 0.736. The lowest BCUT2D eigenvalue weighted by molar-refractivity contribution is -0.731. The molecule has 2 heteroatoms. The van der Waals surface area contributed by atoms with Gasteiger partial charge in [-0.3, -0.25) is 0 Å². The third kappa shape index (κ3) is 1.49. The summed E-state index contributed by atoms with van der Waals surface area (Å²) in [6.07, 6.45) is 2.94. The molecule has 0 saturated carbocycles.